The van der Waals surface area contributed by atoms with Crippen molar-refractivity contribution in [3.05, 3.63) is 48.3 Å². The van der Waals surface area contributed by atoms with Gasteiger partial charge in [0.1, 0.15) is 17.0 Å². The highest BCUT2D eigenvalue weighted by Crippen LogP contribution is 2.36. The van der Waals surface area contributed by atoms with Gasteiger partial charge < -0.3 is 9.64 Å². The van der Waals surface area contributed by atoms with Crippen molar-refractivity contribution in [1.29, 1.82) is 0 Å². The first-order chi connectivity index (χ1) is 15.4. The van der Waals surface area contributed by atoms with Crippen molar-refractivity contribution in [2.75, 3.05) is 37.5 Å². The number of aromatic nitrogens is 5. The molecule has 0 aromatic carbocycles. The Morgan fingerprint density at radius 3 is 2.56 bits per heavy atom. The fourth-order valence-corrected chi connectivity index (χ4v) is 4.80. The zero-order valence-electron chi connectivity index (χ0n) is 17.7. The molecule has 10 heteroatoms. The van der Waals surface area contributed by atoms with Gasteiger partial charge >= 0.3 is 0 Å². The molecule has 1 N–H and O–H groups in total. The molecular formula is C22H22N6O3S. The molecule has 4 aromatic rings. The number of anilines is 1. The van der Waals surface area contributed by atoms with Crippen molar-refractivity contribution in [3.63, 3.8) is 0 Å². The first kappa shape index (κ1) is 20.5. The number of sulfone groups is 1. The van der Waals surface area contributed by atoms with E-state index in [1.807, 2.05) is 25.1 Å². The van der Waals surface area contributed by atoms with E-state index in [0.29, 0.717) is 35.9 Å². The molecule has 1 aliphatic rings. The number of morpholine rings is 1. The molecule has 32 heavy (non-hydrogen) atoms. The van der Waals surface area contributed by atoms with Gasteiger partial charge in [0.05, 0.1) is 24.6 Å². The van der Waals surface area contributed by atoms with Crippen LogP contribution < -0.4 is 4.90 Å². The predicted molar refractivity (Wildman–Crippen MR) is 121 cm³/mol. The summed E-state index contributed by atoms with van der Waals surface area (Å²) in [5.41, 5.74) is 3.89. The monoisotopic (exact) mass is 450 g/mol. The average molecular weight is 451 g/mol. The van der Waals surface area contributed by atoms with Crippen molar-refractivity contribution in [2.24, 2.45) is 0 Å². The van der Waals surface area contributed by atoms with Crippen LogP contribution in [0.2, 0.25) is 0 Å². The first-order valence-electron chi connectivity index (χ1n) is 10.2. The van der Waals surface area contributed by atoms with Gasteiger partial charge in [0.25, 0.3) is 0 Å². The molecule has 5 rings (SSSR count). The largest absolute Gasteiger partial charge is 0.378 e. The quantitative estimate of drug-likeness (QED) is 0.505. The molecule has 0 unspecified atom stereocenters. The number of nitrogens with one attached hydrogen (secondary N) is 1. The standard InChI is InChI=1S/C22H22N6O3S/c1-14-15-5-6-18(28-10-12-31-13-11-28)25-20(15)21(17-7-9-24-27-17)26-19(14)16-4-3-8-23-22(16)32(2,29)30/h3-9H,10-13H2,1-2H3,(H,24,27). The van der Waals surface area contributed by atoms with E-state index >= 15 is 0 Å². The van der Waals surface area contributed by atoms with Crippen LogP contribution in [0.1, 0.15) is 5.56 Å². The minimum absolute atomic E-state index is 0.00315. The zero-order valence-corrected chi connectivity index (χ0v) is 18.6. The number of aryl methyl sites for hydroxylation is 1. The van der Waals surface area contributed by atoms with Crippen molar-refractivity contribution in [2.45, 2.75) is 11.9 Å². The van der Waals surface area contributed by atoms with E-state index < -0.39 is 9.84 Å². The lowest BCUT2D eigenvalue weighted by Crippen LogP contribution is -2.36. The Kier molecular flexibility index (Phi) is 5.10. The van der Waals surface area contributed by atoms with E-state index in [9.17, 15) is 8.42 Å². The van der Waals surface area contributed by atoms with Crippen LogP contribution >= 0.6 is 0 Å². The summed E-state index contributed by atoms with van der Waals surface area (Å²) in [6.45, 7) is 4.80. The van der Waals surface area contributed by atoms with Crippen LogP contribution in [0.15, 0.2) is 47.8 Å². The molecule has 0 saturated carbocycles. The number of rotatable bonds is 4. The van der Waals surface area contributed by atoms with Crippen LogP contribution in [-0.2, 0) is 14.6 Å². The maximum atomic E-state index is 12.4. The molecule has 9 nitrogen and oxygen atoms in total. The Bertz CT molecular complexity index is 1400. The van der Waals surface area contributed by atoms with Crippen molar-refractivity contribution >= 4 is 26.6 Å². The molecule has 5 heterocycles. The molecule has 0 aliphatic carbocycles. The maximum absolute atomic E-state index is 12.4. The minimum atomic E-state index is -3.54. The molecule has 0 spiro atoms. The zero-order chi connectivity index (χ0) is 22.3. The van der Waals surface area contributed by atoms with E-state index in [2.05, 4.69) is 20.1 Å². The number of ether oxygens (including phenoxy) is 1. The van der Waals surface area contributed by atoms with Gasteiger partial charge in [-0.3, -0.25) is 5.10 Å². The molecule has 1 fully saturated rings. The second-order valence-electron chi connectivity index (χ2n) is 7.70. The predicted octanol–water partition coefficient (Wildman–Crippen LogP) is 2.63. The first-order valence-corrected chi connectivity index (χ1v) is 12.1. The Morgan fingerprint density at radius 1 is 1.03 bits per heavy atom. The Morgan fingerprint density at radius 2 is 1.84 bits per heavy atom. The lowest BCUT2D eigenvalue weighted by Gasteiger charge is -2.28. The molecule has 0 bridgehead atoms. The second-order valence-corrected chi connectivity index (χ2v) is 9.63. The second kappa shape index (κ2) is 7.95. The molecule has 0 amide bonds. The van der Waals surface area contributed by atoms with E-state index in [0.717, 1.165) is 41.6 Å². The van der Waals surface area contributed by atoms with Crippen LogP contribution in [-0.4, -0.2) is 66.1 Å². The van der Waals surface area contributed by atoms with Crippen LogP contribution in [0.3, 0.4) is 0 Å². The van der Waals surface area contributed by atoms with E-state index in [1.165, 1.54) is 6.20 Å². The van der Waals surface area contributed by atoms with Crippen molar-refractivity contribution in [3.8, 4) is 22.6 Å². The van der Waals surface area contributed by atoms with Gasteiger partial charge in [-0.2, -0.15) is 5.10 Å². The van der Waals surface area contributed by atoms with E-state index in [4.69, 9.17) is 14.7 Å². The number of pyridine rings is 3. The van der Waals surface area contributed by atoms with Gasteiger partial charge in [0.15, 0.2) is 14.9 Å². The van der Waals surface area contributed by atoms with E-state index in [-0.39, 0.29) is 5.03 Å². The minimum Gasteiger partial charge on any atom is -0.378 e. The molecule has 0 atom stereocenters. The summed E-state index contributed by atoms with van der Waals surface area (Å²) in [4.78, 5) is 16.2. The Labute approximate surface area is 185 Å². The highest BCUT2D eigenvalue weighted by atomic mass is 32.2. The van der Waals surface area contributed by atoms with E-state index in [1.54, 1.807) is 18.3 Å². The highest BCUT2D eigenvalue weighted by molar-refractivity contribution is 7.90. The van der Waals surface area contributed by atoms with Crippen LogP contribution in [0.25, 0.3) is 33.5 Å². The van der Waals surface area contributed by atoms with Crippen molar-refractivity contribution in [1.82, 2.24) is 25.1 Å². The van der Waals surface area contributed by atoms with Gasteiger partial charge in [0.2, 0.25) is 0 Å². The van der Waals surface area contributed by atoms with Gasteiger partial charge in [-0.15, -0.1) is 0 Å². The average Bonchev–Trinajstić information content (AvgIpc) is 3.34. The maximum Gasteiger partial charge on any atom is 0.193 e. The third-order valence-corrected chi connectivity index (χ3v) is 6.58. The number of aromatic amines is 1. The highest BCUT2D eigenvalue weighted by Gasteiger charge is 2.23. The molecule has 164 valence electrons. The van der Waals surface area contributed by atoms with Gasteiger partial charge in [0, 0.05) is 42.7 Å². The summed E-state index contributed by atoms with van der Waals surface area (Å²) < 4.78 is 30.3. The fourth-order valence-electron chi connectivity index (χ4n) is 3.98. The topological polar surface area (TPSA) is 114 Å². The van der Waals surface area contributed by atoms with Crippen LogP contribution in [0.4, 0.5) is 5.82 Å². The summed E-state index contributed by atoms with van der Waals surface area (Å²) in [6.07, 6.45) is 4.28. The van der Waals surface area contributed by atoms with Gasteiger partial charge in [-0.05, 0) is 42.8 Å². The third kappa shape index (κ3) is 3.61. The number of H-pyrrole nitrogens is 1. The third-order valence-electron chi connectivity index (χ3n) is 5.56. The summed E-state index contributed by atoms with van der Waals surface area (Å²) in [5, 5.41) is 7.93. The number of hydrogen-bond donors (Lipinski definition) is 1. The Balaban J connectivity index is 1.78. The lowest BCUT2D eigenvalue weighted by molar-refractivity contribution is 0.122. The van der Waals surface area contributed by atoms with Gasteiger partial charge in [-0.1, -0.05) is 0 Å². The van der Waals surface area contributed by atoms with Crippen molar-refractivity contribution < 1.29 is 13.2 Å². The van der Waals surface area contributed by atoms with Crippen LogP contribution in [0.5, 0.6) is 0 Å². The smallest absolute Gasteiger partial charge is 0.193 e. The number of hydrogen-bond acceptors (Lipinski definition) is 8. The SMILES string of the molecule is Cc1c(-c2cccnc2S(C)(=O)=O)nc(-c2ccn[nH]2)c2nc(N3CCOCC3)ccc12. The summed E-state index contributed by atoms with van der Waals surface area (Å²) in [7, 11) is -3.54. The molecule has 1 saturated heterocycles. The molecular weight excluding hydrogens is 428 g/mol. The van der Waals surface area contributed by atoms with Gasteiger partial charge in [-0.25, -0.2) is 23.4 Å². The lowest BCUT2D eigenvalue weighted by atomic mass is 10.0. The number of fused-ring (bicyclic) bond motifs is 1. The molecule has 0 radical (unpaired) electrons. The van der Waals surface area contributed by atoms with Crippen LogP contribution in [0, 0.1) is 6.92 Å². The fraction of sp³-hybridized carbons (Fsp3) is 0.273. The Hall–Kier alpha value is -3.37. The summed E-state index contributed by atoms with van der Waals surface area (Å²) in [6, 6.07) is 9.28. The molecule has 1 aliphatic heterocycles. The molecule has 4 aromatic heterocycles. The summed E-state index contributed by atoms with van der Waals surface area (Å²) >= 11 is 0. The number of nitrogens with zero attached hydrogens (tertiary/aromatic N) is 5. The summed E-state index contributed by atoms with van der Waals surface area (Å²) in [5.74, 6) is 0.855. The normalized spacial score (nSPS) is 14.8.